The van der Waals surface area contributed by atoms with E-state index in [0.29, 0.717) is 11.5 Å². The van der Waals surface area contributed by atoms with E-state index in [0.717, 1.165) is 11.8 Å². The number of nitrogens with one attached hydrogen (secondary N) is 1. The number of hydrogen-bond acceptors (Lipinski definition) is 3. The van der Waals surface area contributed by atoms with Crippen molar-refractivity contribution in [1.29, 1.82) is 0 Å². The van der Waals surface area contributed by atoms with Gasteiger partial charge in [0.15, 0.2) is 0 Å². The van der Waals surface area contributed by atoms with Crippen molar-refractivity contribution in [1.82, 2.24) is 9.88 Å². The molecule has 0 bridgehead atoms. The van der Waals surface area contributed by atoms with Gasteiger partial charge in [0.05, 0.1) is 0 Å². The predicted molar refractivity (Wildman–Crippen MR) is 121 cm³/mol. The topological polar surface area (TPSA) is 68.2 Å². The number of aldehydes is 1. The Labute approximate surface area is 173 Å². The van der Waals surface area contributed by atoms with E-state index in [9.17, 15) is 4.79 Å². The van der Waals surface area contributed by atoms with Crippen LogP contribution in [0.4, 0.5) is 0 Å². The number of aromatic nitrogens is 1. The fourth-order valence-corrected chi connectivity index (χ4v) is 2.96. The van der Waals surface area contributed by atoms with Gasteiger partial charge in [0.2, 0.25) is 0 Å². The molecule has 0 unspecified atom stereocenters. The molecule has 0 aliphatic heterocycles. The van der Waals surface area contributed by atoms with E-state index in [4.69, 9.17) is 9.59 Å². The average molecular weight is 395 g/mol. The first-order chi connectivity index (χ1) is 13.8. The monoisotopic (exact) mass is 394 g/mol. The smallest absolute Gasteiger partial charge is 0.251 e. The molecule has 0 aliphatic carbocycles. The Morgan fingerprint density at radius 1 is 1.24 bits per heavy atom. The third kappa shape index (κ3) is 6.03. The lowest BCUT2D eigenvalue weighted by Gasteiger charge is -2.08. The largest absolute Gasteiger partial charge is 0.355 e. The molecule has 1 amide bonds. The number of benzene rings is 2. The van der Waals surface area contributed by atoms with Crippen molar-refractivity contribution in [2.24, 2.45) is 7.05 Å². The van der Waals surface area contributed by atoms with Crippen LogP contribution >= 0.6 is 0 Å². The van der Waals surface area contributed by atoms with Gasteiger partial charge in [-0.1, -0.05) is 44.2 Å². The number of aryl methyl sites for hydroxylation is 1. The molecule has 0 spiro atoms. The van der Waals surface area contributed by atoms with Crippen LogP contribution in [0.3, 0.4) is 0 Å². The molecular formula is C24H30N2O3. The second-order valence-corrected chi connectivity index (χ2v) is 6.62. The summed E-state index contributed by atoms with van der Waals surface area (Å²) < 4.78 is 2.08. The van der Waals surface area contributed by atoms with Gasteiger partial charge in [-0.3, -0.25) is 4.79 Å². The molecule has 0 fully saturated rings. The molecule has 5 heteroatoms. The summed E-state index contributed by atoms with van der Waals surface area (Å²) in [5.74, 6) is 1.70. The molecule has 1 heterocycles. The van der Waals surface area contributed by atoms with E-state index in [2.05, 4.69) is 60.8 Å². The Morgan fingerprint density at radius 3 is 2.41 bits per heavy atom. The molecular weight excluding hydrogens is 364 g/mol. The maximum absolute atomic E-state index is 11.8. The van der Waals surface area contributed by atoms with Gasteiger partial charge in [0.1, 0.15) is 12.2 Å². The van der Waals surface area contributed by atoms with Crippen molar-refractivity contribution in [2.45, 2.75) is 26.7 Å². The van der Waals surface area contributed by atoms with Gasteiger partial charge in [-0.05, 0) is 42.7 Å². The summed E-state index contributed by atoms with van der Waals surface area (Å²) in [6.07, 6.45) is 2.89. The summed E-state index contributed by atoms with van der Waals surface area (Å²) in [4.78, 5) is 29.2. The highest BCUT2D eigenvalue weighted by Crippen LogP contribution is 2.32. The number of carbonyl (C=O) groups excluding carboxylic acids is 3. The van der Waals surface area contributed by atoms with Crippen LogP contribution in [0.15, 0.2) is 55.2 Å². The predicted octanol–water partition coefficient (Wildman–Crippen LogP) is 4.78. The number of hydrogen-bond donors (Lipinski definition) is 1. The first kappa shape index (κ1) is 23.6. The summed E-state index contributed by atoms with van der Waals surface area (Å²) in [7, 11) is 3.67. The Kier molecular flexibility index (Phi) is 9.30. The van der Waals surface area contributed by atoms with E-state index in [1.807, 2.05) is 25.2 Å². The third-order valence-electron chi connectivity index (χ3n) is 4.34. The number of fused-ring (bicyclic) bond motifs is 1. The Balaban J connectivity index is 0.00000108. The van der Waals surface area contributed by atoms with Crippen molar-refractivity contribution in [3.63, 3.8) is 0 Å². The molecule has 1 aromatic heterocycles. The number of rotatable bonds is 3. The normalized spacial score (nSPS) is 9.59. The molecule has 5 nitrogen and oxygen atoms in total. The van der Waals surface area contributed by atoms with Crippen molar-refractivity contribution < 1.29 is 15.8 Å². The van der Waals surface area contributed by atoms with Crippen LogP contribution in [0.25, 0.3) is 22.0 Å². The van der Waals surface area contributed by atoms with Crippen LogP contribution in [0.5, 0.6) is 0 Å². The van der Waals surface area contributed by atoms with E-state index < -0.39 is 0 Å². The first-order valence-corrected chi connectivity index (χ1v) is 9.30. The summed E-state index contributed by atoms with van der Waals surface area (Å²) in [5, 5.41) is 3.84. The second-order valence-electron chi connectivity index (χ2n) is 6.62. The number of amides is 1. The van der Waals surface area contributed by atoms with E-state index >= 15 is 0 Å². The van der Waals surface area contributed by atoms with Crippen LogP contribution in [0.1, 0.15) is 44.0 Å². The summed E-state index contributed by atoms with van der Waals surface area (Å²) in [5.41, 5.74) is 5.50. The minimum atomic E-state index is -0.0588. The average Bonchev–Trinajstić information content (AvgIpc) is 3.05. The Hall–Kier alpha value is -3.43. The van der Waals surface area contributed by atoms with E-state index in [1.165, 1.54) is 34.9 Å². The van der Waals surface area contributed by atoms with Gasteiger partial charge < -0.3 is 14.7 Å². The van der Waals surface area contributed by atoms with Crippen molar-refractivity contribution in [2.75, 3.05) is 7.05 Å². The zero-order valence-corrected chi connectivity index (χ0v) is 17.7. The zero-order valence-electron chi connectivity index (χ0n) is 17.7. The zero-order chi connectivity index (χ0) is 22.0. The number of carbonyl (C=O) groups is 2. The molecule has 0 atom stereocenters. The second kappa shape index (κ2) is 11.4. The van der Waals surface area contributed by atoms with Crippen LogP contribution in [0.2, 0.25) is 0 Å². The van der Waals surface area contributed by atoms with Crippen LogP contribution in [-0.2, 0) is 16.6 Å². The highest BCUT2D eigenvalue weighted by Gasteiger charge is 2.12. The van der Waals surface area contributed by atoms with Crippen LogP contribution in [-0.4, -0.2) is 29.7 Å². The highest BCUT2D eigenvalue weighted by molar-refractivity contribution is 6.02. The first-order valence-electron chi connectivity index (χ1n) is 9.30. The van der Waals surface area contributed by atoms with Gasteiger partial charge in [-0.15, -0.1) is 0 Å². The van der Waals surface area contributed by atoms with Gasteiger partial charge in [0, 0.05) is 43.7 Å². The maximum Gasteiger partial charge on any atom is 0.251 e. The standard InChI is InChI=1S/C20H22N2O.C2H4O.C2H2O.H2/c1-13(2)14-6-5-7-15(10-14)18-12-22(4)19-11-16(20(23)21-3)8-9-17(18)19;2*1-2-3;/h5-13H,1-4H3,(H,21,23);2H,1H3;1H2;1H. The maximum atomic E-state index is 11.8. The molecule has 0 radical (unpaired) electrons. The van der Waals surface area contributed by atoms with Crippen molar-refractivity contribution in [3.05, 3.63) is 66.4 Å². The lowest BCUT2D eigenvalue weighted by Crippen LogP contribution is -2.17. The van der Waals surface area contributed by atoms with Gasteiger partial charge in [-0.25, -0.2) is 4.79 Å². The molecule has 3 aromatic rings. The van der Waals surface area contributed by atoms with Crippen LogP contribution in [0, 0.1) is 0 Å². The Bertz CT molecular complexity index is 1020. The highest BCUT2D eigenvalue weighted by atomic mass is 16.1. The summed E-state index contributed by atoms with van der Waals surface area (Å²) in [6.45, 7) is 8.54. The fraction of sp³-hybridized carbons (Fsp3) is 0.250. The Morgan fingerprint density at radius 2 is 1.86 bits per heavy atom. The number of nitrogens with zero attached hydrogens (tertiary/aromatic N) is 1. The van der Waals surface area contributed by atoms with Crippen LogP contribution < -0.4 is 5.32 Å². The SMILES string of the molecule is C=C=O.CC=O.CNC(=O)c1ccc2c(-c3cccc(C(C)C)c3)cn(C)c2c1.[HH]. The minimum absolute atomic E-state index is 0. The summed E-state index contributed by atoms with van der Waals surface area (Å²) in [6, 6.07) is 14.6. The molecule has 1 N–H and O–H groups in total. The van der Waals surface area contributed by atoms with E-state index in [1.54, 1.807) is 7.05 Å². The third-order valence-corrected chi connectivity index (χ3v) is 4.34. The molecule has 29 heavy (non-hydrogen) atoms. The van der Waals surface area contributed by atoms with Gasteiger partial charge in [-0.2, -0.15) is 0 Å². The molecule has 154 valence electrons. The summed E-state index contributed by atoms with van der Waals surface area (Å²) >= 11 is 0. The van der Waals surface area contributed by atoms with E-state index in [-0.39, 0.29) is 7.33 Å². The minimum Gasteiger partial charge on any atom is -0.355 e. The lowest BCUT2D eigenvalue weighted by atomic mass is 9.97. The molecule has 0 saturated heterocycles. The lowest BCUT2D eigenvalue weighted by molar-refractivity contribution is -0.106. The molecule has 3 rings (SSSR count). The van der Waals surface area contributed by atoms with Gasteiger partial charge in [0.25, 0.3) is 5.91 Å². The fourth-order valence-electron chi connectivity index (χ4n) is 2.96. The van der Waals surface area contributed by atoms with Crippen molar-refractivity contribution >= 4 is 29.0 Å². The molecule has 2 aromatic carbocycles. The quantitative estimate of drug-likeness (QED) is 0.513. The van der Waals surface area contributed by atoms with Crippen molar-refractivity contribution in [3.8, 4) is 11.1 Å². The molecule has 0 saturated carbocycles. The molecule has 0 aliphatic rings. The van der Waals surface area contributed by atoms with Gasteiger partial charge >= 0.3 is 0 Å².